The number of thioether (sulfide) groups is 1. The maximum absolute atomic E-state index is 13.1. The molecule has 4 rings (SSSR count). The smallest absolute Gasteiger partial charge is 0.269 e. The summed E-state index contributed by atoms with van der Waals surface area (Å²) in [5.74, 6) is 1.01. The molecule has 2 fully saturated rings. The van der Waals surface area contributed by atoms with Crippen LogP contribution in [0.15, 0.2) is 54.6 Å². The van der Waals surface area contributed by atoms with E-state index in [0.29, 0.717) is 6.42 Å². The average molecular weight is 354 g/mol. The van der Waals surface area contributed by atoms with Crippen LogP contribution in [0, 0.1) is 15.5 Å². The molecular weight excluding hydrogens is 336 g/mol. The molecule has 0 aromatic heterocycles. The number of amides is 1. The Balaban J connectivity index is 1.77. The Bertz CT molecular complexity index is 820. The molecule has 5 nitrogen and oxygen atoms in total. The lowest BCUT2D eigenvalue weighted by Crippen LogP contribution is -2.32. The van der Waals surface area contributed by atoms with E-state index in [-0.39, 0.29) is 27.3 Å². The Labute approximate surface area is 150 Å². The standard InChI is InChI=1S/C19H18N2O3S/c22-17-12-19(9-10-19)13-25-18(20(17)15-6-2-1-3-7-15)14-5-4-8-16(11-14)21(23)24/h1-8,11,18H,9-10,12-13H2/t18-/m0/s1. The number of para-hydroxylation sites is 1. The van der Waals surface area contributed by atoms with E-state index in [9.17, 15) is 14.9 Å². The van der Waals surface area contributed by atoms with Crippen molar-refractivity contribution in [1.29, 1.82) is 0 Å². The number of anilines is 1. The average Bonchev–Trinajstić information content (AvgIpc) is 3.40. The third-order valence-electron chi connectivity index (χ3n) is 4.93. The topological polar surface area (TPSA) is 63.4 Å². The van der Waals surface area contributed by atoms with Gasteiger partial charge in [-0.1, -0.05) is 30.3 Å². The molecule has 1 aliphatic carbocycles. The second kappa shape index (κ2) is 6.19. The van der Waals surface area contributed by atoms with Crippen LogP contribution in [0.25, 0.3) is 0 Å². The molecule has 128 valence electrons. The molecule has 1 aliphatic heterocycles. The van der Waals surface area contributed by atoms with Crippen LogP contribution in [0.5, 0.6) is 0 Å². The number of carbonyl (C=O) groups excluding carboxylic acids is 1. The molecule has 1 heterocycles. The van der Waals surface area contributed by atoms with Gasteiger partial charge in [-0.15, -0.1) is 11.8 Å². The van der Waals surface area contributed by atoms with Crippen LogP contribution in [0.3, 0.4) is 0 Å². The molecule has 2 aromatic carbocycles. The molecule has 0 unspecified atom stereocenters. The lowest BCUT2D eigenvalue weighted by atomic mass is 10.0. The molecule has 2 aliphatic rings. The van der Waals surface area contributed by atoms with E-state index in [1.54, 1.807) is 23.9 Å². The van der Waals surface area contributed by atoms with Crippen LogP contribution < -0.4 is 4.90 Å². The van der Waals surface area contributed by atoms with Crippen molar-refractivity contribution in [3.63, 3.8) is 0 Å². The summed E-state index contributed by atoms with van der Waals surface area (Å²) >= 11 is 1.72. The third kappa shape index (κ3) is 3.14. The number of hydrogen-bond acceptors (Lipinski definition) is 4. The molecule has 6 heteroatoms. The van der Waals surface area contributed by atoms with Gasteiger partial charge in [0.1, 0.15) is 5.37 Å². The molecule has 1 saturated heterocycles. The number of carbonyl (C=O) groups is 1. The quantitative estimate of drug-likeness (QED) is 0.599. The van der Waals surface area contributed by atoms with Gasteiger partial charge in [0.2, 0.25) is 5.91 Å². The molecule has 0 N–H and O–H groups in total. The van der Waals surface area contributed by atoms with Crippen LogP contribution in [-0.2, 0) is 4.79 Å². The lowest BCUT2D eigenvalue weighted by Gasteiger charge is -2.30. The summed E-state index contributed by atoms with van der Waals surface area (Å²) in [7, 11) is 0. The summed E-state index contributed by atoms with van der Waals surface area (Å²) in [4.78, 5) is 25.6. The summed E-state index contributed by atoms with van der Waals surface area (Å²) in [6.45, 7) is 0. The fraction of sp³-hybridized carbons (Fsp3) is 0.316. The second-order valence-electron chi connectivity index (χ2n) is 6.79. The highest BCUT2D eigenvalue weighted by molar-refractivity contribution is 7.99. The van der Waals surface area contributed by atoms with E-state index in [0.717, 1.165) is 29.8 Å². The van der Waals surface area contributed by atoms with Crippen molar-refractivity contribution in [2.75, 3.05) is 10.7 Å². The first kappa shape index (κ1) is 16.1. The van der Waals surface area contributed by atoms with Gasteiger partial charge in [-0.3, -0.25) is 19.8 Å². The summed E-state index contributed by atoms with van der Waals surface area (Å²) in [5.41, 5.74) is 1.83. The highest BCUT2D eigenvalue weighted by Gasteiger charge is 2.49. The fourth-order valence-electron chi connectivity index (χ4n) is 3.32. The summed E-state index contributed by atoms with van der Waals surface area (Å²) in [5, 5.41) is 10.9. The number of nitro benzene ring substituents is 1. The number of nitrogens with zero attached hydrogens (tertiary/aromatic N) is 2. The number of non-ortho nitro benzene ring substituents is 1. The van der Waals surface area contributed by atoms with Gasteiger partial charge in [-0.25, -0.2) is 0 Å². The van der Waals surface area contributed by atoms with E-state index in [2.05, 4.69) is 0 Å². The Kier molecular flexibility index (Phi) is 4.00. The van der Waals surface area contributed by atoms with Crippen molar-refractivity contribution in [2.45, 2.75) is 24.6 Å². The van der Waals surface area contributed by atoms with Crippen LogP contribution in [0.1, 0.15) is 30.2 Å². The van der Waals surface area contributed by atoms with E-state index in [4.69, 9.17) is 0 Å². The summed E-state index contributed by atoms with van der Waals surface area (Å²) in [6.07, 6.45) is 2.74. The van der Waals surface area contributed by atoms with Gasteiger partial charge in [0.25, 0.3) is 5.69 Å². The third-order valence-corrected chi connectivity index (χ3v) is 6.51. The van der Waals surface area contributed by atoms with E-state index in [1.807, 2.05) is 41.3 Å². The van der Waals surface area contributed by atoms with Crippen molar-refractivity contribution < 1.29 is 9.72 Å². The van der Waals surface area contributed by atoms with Gasteiger partial charge in [0.15, 0.2) is 0 Å². The van der Waals surface area contributed by atoms with Gasteiger partial charge in [0.05, 0.1) is 4.92 Å². The SMILES string of the molecule is O=C1CC2(CC2)CS[C@@H](c2cccc([N+](=O)[O-])c2)N1c1ccccc1. The molecule has 25 heavy (non-hydrogen) atoms. The molecule has 1 saturated carbocycles. The zero-order chi connectivity index (χ0) is 17.4. The fourth-order valence-corrected chi connectivity index (χ4v) is 4.95. The van der Waals surface area contributed by atoms with Gasteiger partial charge in [-0.2, -0.15) is 0 Å². The predicted molar refractivity (Wildman–Crippen MR) is 98.5 cm³/mol. The van der Waals surface area contributed by atoms with Crippen molar-refractivity contribution in [3.8, 4) is 0 Å². The normalized spacial score (nSPS) is 21.8. The minimum absolute atomic E-state index is 0.0592. The monoisotopic (exact) mass is 354 g/mol. The summed E-state index contributed by atoms with van der Waals surface area (Å²) in [6, 6.07) is 16.2. The van der Waals surface area contributed by atoms with Gasteiger partial charge in [-0.05, 0) is 36.0 Å². The lowest BCUT2D eigenvalue weighted by molar-refractivity contribution is -0.384. The molecule has 0 bridgehead atoms. The molecule has 1 atom stereocenters. The molecule has 0 radical (unpaired) electrons. The highest BCUT2D eigenvalue weighted by Crippen LogP contribution is 2.56. The molecule has 2 aromatic rings. The van der Waals surface area contributed by atoms with Crippen molar-refractivity contribution in [3.05, 3.63) is 70.3 Å². The Morgan fingerprint density at radius 1 is 1.12 bits per heavy atom. The van der Waals surface area contributed by atoms with Crippen molar-refractivity contribution in [2.24, 2.45) is 5.41 Å². The van der Waals surface area contributed by atoms with Crippen LogP contribution in [0.4, 0.5) is 11.4 Å². The number of benzene rings is 2. The zero-order valence-electron chi connectivity index (χ0n) is 13.6. The predicted octanol–water partition coefficient (Wildman–Crippen LogP) is 4.54. The first-order valence-corrected chi connectivity index (χ1v) is 9.36. The molecule has 1 spiro atoms. The number of nitro groups is 1. The number of hydrogen-bond donors (Lipinski definition) is 0. The first-order chi connectivity index (χ1) is 12.1. The Hall–Kier alpha value is -2.34. The van der Waals surface area contributed by atoms with E-state index in [1.165, 1.54) is 6.07 Å². The zero-order valence-corrected chi connectivity index (χ0v) is 14.4. The Morgan fingerprint density at radius 3 is 2.56 bits per heavy atom. The van der Waals surface area contributed by atoms with E-state index < -0.39 is 0 Å². The minimum Gasteiger partial charge on any atom is -0.296 e. The second-order valence-corrected chi connectivity index (χ2v) is 7.86. The molecule has 1 amide bonds. The number of rotatable bonds is 3. The van der Waals surface area contributed by atoms with Gasteiger partial charge in [0, 0.05) is 30.0 Å². The maximum atomic E-state index is 13.1. The van der Waals surface area contributed by atoms with Crippen molar-refractivity contribution >= 4 is 29.0 Å². The Morgan fingerprint density at radius 2 is 1.88 bits per heavy atom. The maximum Gasteiger partial charge on any atom is 0.269 e. The van der Waals surface area contributed by atoms with Crippen LogP contribution in [0.2, 0.25) is 0 Å². The highest BCUT2D eigenvalue weighted by atomic mass is 32.2. The van der Waals surface area contributed by atoms with Gasteiger partial charge >= 0.3 is 0 Å². The largest absolute Gasteiger partial charge is 0.296 e. The minimum atomic E-state index is -0.387. The van der Waals surface area contributed by atoms with Crippen molar-refractivity contribution in [1.82, 2.24) is 0 Å². The van der Waals surface area contributed by atoms with E-state index >= 15 is 0 Å². The molecular formula is C19H18N2O3S. The first-order valence-electron chi connectivity index (χ1n) is 8.31. The summed E-state index contributed by atoms with van der Waals surface area (Å²) < 4.78 is 0. The van der Waals surface area contributed by atoms with Crippen LogP contribution >= 0.6 is 11.8 Å². The van der Waals surface area contributed by atoms with Crippen LogP contribution in [-0.4, -0.2) is 16.6 Å². The van der Waals surface area contributed by atoms with Gasteiger partial charge < -0.3 is 0 Å².